The monoisotopic (exact) mass is 577 g/mol. The minimum atomic E-state index is -0.326. The molecule has 0 aliphatic rings. The quantitative estimate of drug-likeness (QED) is 0.239. The normalized spacial score (nSPS) is 11.9. The van der Waals surface area contributed by atoms with E-state index in [4.69, 9.17) is 16.3 Å². The Morgan fingerprint density at radius 1 is 1.26 bits per heavy atom. The zero-order valence-corrected chi connectivity index (χ0v) is 22.6. The Bertz CT molecular complexity index is 1310. The van der Waals surface area contributed by atoms with E-state index in [0.717, 1.165) is 27.0 Å². The number of thioether (sulfide) groups is 1. The lowest BCUT2D eigenvalue weighted by Crippen LogP contribution is -2.14. The first-order chi connectivity index (χ1) is 16.3. The third-order valence-electron chi connectivity index (χ3n) is 4.90. The molecule has 1 N–H and O–H groups in total. The highest BCUT2D eigenvalue weighted by Crippen LogP contribution is 2.29. The number of anilines is 1. The predicted molar refractivity (Wildman–Crippen MR) is 141 cm³/mol. The van der Waals surface area contributed by atoms with Crippen molar-refractivity contribution < 1.29 is 9.53 Å². The zero-order valence-electron chi connectivity index (χ0n) is 18.6. The molecule has 1 unspecified atom stereocenters. The lowest BCUT2D eigenvalue weighted by atomic mass is 10.2. The Labute approximate surface area is 219 Å². The lowest BCUT2D eigenvalue weighted by molar-refractivity contribution is -0.113. The molecule has 4 aromatic rings. The van der Waals surface area contributed by atoms with Gasteiger partial charge in [0.05, 0.1) is 11.4 Å². The average Bonchev–Trinajstić information content (AvgIpc) is 3.41. The number of halogens is 2. The molecule has 0 aliphatic heterocycles. The molecule has 11 heteroatoms. The number of nitrogens with zero attached hydrogens (tertiary/aromatic N) is 4. The van der Waals surface area contributed by atoms with E-state index in [1.807, 2.05) is 67.2 Å². The number of nitrogens with one attached hydrogen (secondary N) is 1. The summed E-state index contributed by atoms with van der Waals surface area (Å²) in [6.45, 7) is 3.85. The summed E-state index contributed by atoms with van der Waals surface area (Å²) in [5, 5.41) is 15.1. The zero-order chi connectivity index (χ0) is 24.2. The van der Waals surface area contributed by atoms with Gasteiger partial charge in [-0.2, -0.15) is 0 Å². The van der Waals surface area contributed by atoms with Gasteiger partial charge < -0.3 is 14.6 Å². The van der Waals surface area contributed by atoms with Crippen molar-refractivity contribution >= 4 is 61.7 Å². The van der Waals surface area contributed by atoms with E-state index in [1.165, 1.54) is 23.1 Å². The van der Waals surface area contributed by atoms with Crippen LogP contribution >= 0.6 is 50.6 Å². The van der Waals surface area contributed by atoms with Gasteiger partial charge in [-0.25, -0.2) is 4.98 Å². The second kappa shape index (κ2) is 10.9. The summed E-state index contributed by atoms with van der Waals surface area (Å²) in [7, 11) is 1.86. The number of carbonyl (C=O) groups excluding carboxylic acids is 1. The van der Waals surface area contributed by atoms with E-state index in [9.17, 15) is 4.79 Å². The first kappa shape index (κ1) is 24.7. The van der Waals surface area contributed by atoms with Crippen molar-refractivity contribution in [3.8, 4) is 17.0 Å². The van der Waals surface area contributed by atoms with Crippen molar-refractivity contribution in [2.75, 3.05) is 11.1 Å². The van der Waals surface area contributed by atoms with E-state index < -0.39 is 0 Å². The van der Waals surface area contributed by atoms with Gasteiger partial charge in [-0.15, -0.1) is 21.5 Å². The van der Waals surface area contributed by atoms with Gasteiger partial charge in [-0.1, -0.05) is 51.4 Å². The Morgan fingerprint density at radius 3 is 2.76 bits per heavy atom. The van der Waals surface area contributed by atoms with Crippen molar-refractivity contribution in [2.45, 2.75) is 25.1 Å². The van der Waals surface area contributed by atoms with Crippen molar-refractivity contribution in [1.29, 1.82) is 0 Å². The predicted octanol–water partition coefficient (Wildman–Crippen LogP) is 6.53. The van der Waals surface area contributed by atoms with Crippen molar-refractivity contribution in [3.63, 3.8) is 0 Å². The SMILES string of the molecule is Cc1cc(Cl)ccc1OC(C)c1nnc(SCC(=O)Nc2nc(-c3ccc(Br)cc3)cs2)n1C. The Balaban J connectivity index is 1.33. The molecule has 2 heterocycles. The number of hydrogen-bond acceptors (Lipinski definition) is 7. The van der Waals surface area contributed by atoms with Crippen LogP contribution in [0.1, 0.15) is 24.4 Å². The number of ether oxygens (including phenoxy) is 1. The second-order valence-electron chi connectivity index (χ2n) is 7.45. The fourth-order valence-electron chi connectivity index (χ4n) is 3.16. The molecule has 0 saturated carbocycles. The third kappa shape index (κ3) is 5.99. The van der Waals surface area contributed by atoms with Gasteiger partial charge in [0, 0.05) is 27.5 Å². The number of rotatable bonds is 8. The molecule has 34 heavy (non-hydrogen) atoms. The molecule has 4 rings (SSSR count). The smallest absolute Gasteiger partial charge is 0.236 e. The van der Waals surface area contributed by atoms with Crippen molar-refractivity contribution in [2.24, 2.45) is 7.05 Å². The van der Waals surface area contributed by atoms with Gasteiger partial charge in [0.2, 0.25) is 5.91 Å². The molecular weight excluding hydrogens is 558 g/mol. The molecule has 0 aliphatic carbocycles. The maximum atomic E-state index is 12.5. The summed E-state index contributed by atoms with van der Waals surface area (Å²) in [5.74, 6) is 1.42. The van der Waals surface area contributed by atoms with Crippen LogP contribution in [0.3, 0.4) is 0 Å². The van der Waals surface area contributed by atoms with Gasteiger partial charge in [-0.05, 0) is 49.7 Å². The largest absolute Gasteiger partial charge is 0.482 e. The average molecular weight is 579 g/mol. The van der Waals surface area contributed by atoms with Crippen LogP contribution in [-0.2, 0) is 11.8 Å². The van der Waals surface area contributed by atoms with Gasteiger partial charge in [0.15, 0.2) is 22.2 Å². The van der Waals surface area contributed by atoms with E-state index in [-0.39, 0.29) is 17.8 Å². The number of carbonyl (C=O) groups is 1. The van der Waals surface area contributed by atoms with Gasteiger partial charge in [0.1, 0.15) is 5.75 Å². The number of aromatic nitrogens is 4. The highest BCUT2D eigenvalue weighted by atomic mass is 79.9. The summed E-state index contributed by atoms with van der Waals surface area (Å²) in [5.41, 5.74) is 2.76. The van der Waals surface area contributed by atoms with Gasteiger partial charge in [-0.3, -0.25) is 4.79 Å². The molecule has 1 atom stereocenters. The van der Waals surface area contributed by atoms with E-state index in [2.05, 4.69) is 36.4 Å². The van der Waals surface area contributed by atoms with E-state index in [1.54, 1.807) is 6.07 Å². The summed E-state index contributed by atoms with van der Waals surface area (Å²) in [6.07, 6.45) is -0.326. The highest BCUT2D eigenvalue weighted by Gasteiger charge is 2.19. The molecule has 0 saturated heterocycles. The first-order valence-electron chi connectivity index (χ1n) is 10.3. The van der Waals surface area contributed by atoms with Crippen LogP contribution < -0.4 is 10.1 Å². The number of amides is 1. The Hall–Kier alpha value is -2.40. The molecule has 1 amide bonds. The molecule has 0 bridgehead atoms. The Kier molecular flexibility index (Phi) is 7.92. The molecule has 0 radical (unpaired) electrons. The number of hydrogen-bond donors (Lipinski definition) is 1. The highest BCUT2D eigenvalue weighted by molar-refractivity contribution is 9.10. The molecule has 176 valence electrons. The van der Waals surface area contributed by atoms with Crippen LogP contribution in [0, 0.1) is 6.92 Å². The van der Waals surface area contributed by atoms with Crippen LogP contribution in [-0.4, -0.2) is 31.4 Å². The van der Waals surface area contributed by atoms with Gasteiger partial charge in [0.25, 0.3) is 0 Å². The molecule has 7 nitrogen and oxygen atoms in total. The van der Waals surface area contributed by atoms with E-state index in [0.29, 0.717) is 21.1 Å². The van der Waals surface area contributed by atoms with Crippen molar-refractivity contribution in [1.82, 2.24) is 19.7 Å². The van der Waals surface area contributed by atoms with Crippen LogP contribution in [0.4, 0.5) is 5.13 Å². The number of benzene rings is 2. The second-order valence-corrected chi connectivity index (χ2v) is 10.6. The van der Waals surface area contributed by atoms with Gasteiger partial charge >= 0.3 is 0 Å². The summed E-state index contributed by atoms with van der Waals surface area (Å²) < 4.78 is 8.89. The van der Waals surface area contributed by atoms with Crippen LogP contribution in [0.25, 0.3) is 11.3 Å². The summed E-state index contributed by atoms with van der Waals surface area (Å²) >= 11 is 12.1. The van der Waals surface area contributed by atoms with Crippen molar-refractivity contribution in [3.05, 3.63) is 68.7 Å². The standard InChI is InChI=1S/C23H21BrClN5O2S2/c1-13-10-17(25)8-9-19(13)32-14(2)21-28-29-23(30(21)3)34-12-20(31)27-22-26-18(11-33-22)15-4-6-16(24)7-5-15/h4-11,14H,12H2,1-3H3,(H,26,27,31). The summed E-state index contributed by atoms with van der Waals surface area (Å²) in [4.78, 5) is 17.0. The van der Waals surface area contributed by atoms with Crippen LogP contribution in [0.15, 0.2) is 57.5 Å². The fraction of sp³-hybridized carbons (Fsp3) is 0.217. The van der Waals surface area contributed by atoms with Crippen LogP contribution in [0.2, 0.25) is 5.02 Å². The Morgan fingerprint density at radius 2 is 2.03 bits per heavy atom. The molecule has 2 aromatic carbocycles. The minimum absolute atomic E-state index is 0.160. The maximum absolute atomic E-state index is 12.5. The first-order valence-corrected chi connectivity index (χ1v) is 13.3. The minimum Gasteiger partial charge on any atom is -0.482 e. The third-order valence-corrected chi connectivity index (χ3v) is 7.44. The number of aryl methyl sites for hydroxylation is 1. The fourth-order valence-corrected chi connectivity index (χ4v) is 5.11. The molecule has 0 fully saturated rings. The lowest BCUT2D eigenvalue weighted by Gasteiger charge is -2.16. The molecule has 0 spiro atoms. The number of thiazole rings is 1. The molecule has 2 aromatic heterocycles. The summed E-state index contributed by atoms with van der Waals surface area (Å²) in [6, 6.07) is 13.4. The topological polar surface area (TPSA) is 81.9 Å². The van der Waals surface area contributed by atoms with E-state index >= 15 is 0 Å². The van der Waals surface area contributed by atoms with Crippen LogP contribution in [0.5, 0.6) is 5.75 Å². The molecular formula is C23H21BrClN5O2S2. The maximum Gasteiger partial charge on any atom is 0.236 e.